The molecule has 1 aromatic heterocycles. The molecule has 0 bridgehead atoms. The molecule has 3 rings (SSSR count). The van der Waals surface area contributed by atoms with Gasteiger partial charge in [-0.05, 0) is 37.1 Å². The van der Waals surface area contributed by atoms with Crippen LogP contribution < -0.4 is 0 Å². The molecule has 0 saturated heterocycles. The van der Waals surface area contributed by atoms with Gasteiger partial charge in [-0.25, -0.2) is 21.6 Å². The van der Waals surface area contributed by atoms with E-state index < -0.39 is 67.2 Å². The Hall–Kier alpha value is -2.43. The average molecular weight is 437 g/mol. The van der Waals surface area contributed by atoms with Crippen molar-refractivity contribution >= 4 is 15.6 Å². The highest BCUT2D eigenvalue weighted by molar-refractivity contribution is 7.92. The van der Waals surface area contributed by atoms with E-state index in [-0.39, 0.29) is 18.6 Å². The van der Waals surface area contributed by atoms with Crippen LogP contribution in [0.1, 0.15) is 36.9 Å². The van der Waals surface area contributed by atoms with Gasteiger partial charge in [-0.15, -0.1) is 0 Å². The second-order valence-corrected chi connectivity index (χ2v) is 8.89. The number of carbonyl (C=O) groups excluding carboxylic acids is 1. The molecule has 0 unspecified atom stereocenters. The molecule has 156 valence electrons. The first-order chi connectivity index (χ1) is 13.4. The van der Waals surface area contributed by atoms with Crippen molar-refractivity contribution in [1.82, 2.24) is 4.98 Å². The molecule has 4 nitrogen and oxygen atoms in total. The zero-order valence-electron chi connectivity index (χ0n) is 14.6. The Morgan fingerprint density at radius 3 is 2.03 bits per heavy atom. The summed E-state index contributed by atoms with van der Waals surface area (Å²) in [6.45, 7) is 0. The van der Waals surface area contributed by atoms with E-state index in [9.17, 15) is 39.6 Å². The number of halogens is 6. The number of rotatable bonds is 3. The molecule has 0 aliphatic heterocycles. The van der Waals surface area contributed by atoms with E-state index in [2.05, 4.69) is 4.98 Å². The van der Waals surface area contributed by atoms with Crippen molar-refractivity contribution in [2.45, 2.75) is 41.5 Å². The Bertz CT molecular complexity index is 1050. The fourth-order valence-electron chi connectivity index (χ4n) is 3.46. The van der Waals surface area contributed by atoms with Gasteiger partial charge in [0.2, 0.25) is 0 Å². The van der Waals surface area contributed by atoms with Crippen LogP contribution in [0.3, 0.4) is 0 Å². The van der Waals surface area contributed by atoms with Crippen molar-refractivity contribution in [3.63, 3.8) is 0 Å². The number of benzene rings is 1. The van der Waals surface area contributed by atoms with Crippen LogP contribution in [0.25, 0.3) is 0 Å². The second kappa shape index (κ2) is 7.12. The van der Waals surface area contributed by atoms with Gasteiger partial charge in [-0.1, -0.05) is 0 Å². The van der Waals surface area contributed by atoms with Crippen molar-refractivity contribution in [3.05, 3.63) is 59.2 Å². The number of Topliss-reactive ketones (excluding diaryl/α,β-unsaturated/α-hetero) is 1. The Morgan fingerprint density at radius 1 is 0.931 bits per heavy atom. The van der Waals surface area contributed by atoms with E-state index in [4.69, 9.17) is 0 Å². The van der Waals surface area contributed by atoms with Crippen LogP contribution in [0, 0.1) is 17.5 Å². The fourth-order valence-corrected chi connectivity index (χ4v) is 5.55. The summed E-state index contributed by atoms with van der Waals surface area (Å²) in [5.41, 5.74) is -2.42. The highest BCUT2D eigenvalue weighted by Crippen LogP contribution is 2.48. The van der Waals surface area contributed by atoms with Gasteiger partial charge in [0.15, 0.2) is 21.5 Å². The summed E-state index contributed by atoms with van der Waals surface area (Å²) in [4.78, 5) is 14.0. The number of ketones is 1. The molecule has 0 amide bonds. The maximum atomic E-state index is 14.5. The Morgan fingerprint density at radius 2 is 1.52 bits per heavy atom. The number of nitrogens with zero attached hydrogens (tertiary/aromatic N) is 1. The molecule has 1 aliphatic carbocycles. The molecule has 0 spiro atoms. The quantitative estimate of drug-likeness (QED) is 0.530. The third-order valence-corrected chi connectivity index (χ3v) is 7.47. The highest BCUT2D eigenvalue weighted by atomic mass is 32.2. The van der Waals surface area contributed by atoms with Crippen LogP contribution in [0.15, 0.2) is 35.4 Å². The molecule has 0 radical (unpaired) electrons. The van der Waals surface area contributed by atoms with Gasteiger partial charge in [0, 0.05) is 24.6 Å². The molecule has 2 aromatic rings. The van der Waals surface area contributed by atoms with Gasteiger partial charge in [0.25, 0.3) is 0 Å². The lowest BCUT2D eigenvalue weighted by Crippen LogP contribution is -2.41. The summed E-state index contributed by atoms with van der Waals surface area (Å²) in [5, 5.41) is 0. The Kier molecular flexibility index (Phi) is 5.22. The number of alkyl halides is 3. The molecular weight excluding hydrogens is 424 g/mol. The van der Waals surface area contributed by atoms with Gasteiger partial charge >= 0.3 is 6.18 Å². The van der Waals surface area contributed by atoms with E-state index in [1.165, 1.54) is 0 Å². The van der Waals surface area contributed by atoms with Crippen LogP contribution in [0.5, 0.6) is 0 Å². The summed E-state index contributed by atoms with van der Waals surface area (Å²) in [6, 6.07) is 2.10. The SMILES string of the molecule is O=C1CCC(c2c(F)ccc(F)c2F)(S(=O)(=O)c2ccc(C(F)(F)F)nc2)CC1. The number of carbonyl (C=O) groups is 1. The number of sulfone groups is 1. The lowest BCUT2D eigenvalue weighted by molar-refractivity contribution is -0.141. The molecule has 29 heavy (non-hydrogen) atoms. The third-order valence-electron chi connectivity index (χ3n) is 4.97. The summed E-state index contributed by atoms with van der Waals surface area (Å²) in [7, 11) is -4.75. The number of hydrogen-bond acceptors (Lipinski definition) is 4. The smallest absolute Gasteiger partial charge is 0.300 e. The maximum Gasteiger partial charge on any atom is 0.433 e. The summed E-state index contributed by atoms with van der Waals surface area (Å²) < 4.78 is 105. The van der Waals surface area contributed by atoms with Crippen molar-refractivity contribution in [3.8, 4) is 0 Å². The summed E-state index contributed by atoms with van der Waals surface area (Å²) in [5.74, 6) is -4.89. The molecule has 1 fully saturated rings. The standard InChI is InChI=1S/C18H13F6NO3S/c19-12-2-3-13(20)16(21)15(12)17(7-5-10(26)6-8-17)29(27,28)11-1-4-14(25-9-11)18(22,23)24/h1-4,9H,5-8H2. The van der Waals surface area contributed by atoms with Crippen molar-refractivity contribution in [2.24, 2.45) is 0 Å². The topological polar surface area (TPSA) is 64.1 Å². The zero-order valence-corrected chi connectivity index (χ0v) is 15.4. The lowest BCUT2D eigenvalue weighted by Gasteiger charge is -2.37. The molecule has 0 atom stereocenters. The van der Waals surface area contributed by atoms with Gasteiger partial charge in [0.1, 0.15) is 22.0 Å². The van der Waals surface area contributed by atoms with Gasteiger partial charge < -0.3 is 0 Å². The van der Waals surface area contributed by atoms with Crippen LogP contribution >= 0.6 is 0 Å². The predicted molar refractivity (Wildman–Crippen MR) is 87.9 cm³/mol. The first-order valence-corrected chi connectivity index (χ1v) is 9.82. The second-order valence-electron chi connectivity index (χ2n) is 6.63. The number of aromatic nitrogens is 1. The van der Waals surface area contributed by atoms with E-state index in [0.29, 0.717) is 30.5 Å². The minimum Gasteiger partial charge on any atom is -0.300 e. The van der Waals surface area contributed by atoms with Crippen LogP contribution in [0.2, 0.25) is 0 Å². The average Bonchev–Trinajstić information content (AvgIpc) is 2.66. The minimum atomic E-state index is -4.82. The molecule has 0 N–H and O–H groups in total. The van der Waals surface area contributed by atoms with E-state index in [1.54, 1.807) is 0 Å². The molecule has 1 heterocycles. The summed E-state index contributed by atoms with van der Waals surface area (Å²) >= 11 is 0. The normalized spacial score (nSPS) is 17.4. The first kappa shape index (κ1) is 21.3. The fraction of sp³-hybridized carbons (Fsp3) is 0.333. The monoisotopic (exact) mass is 437 g/mol. The Balaban J connectivity index is 2.23. The highest BCUT2D eigenvalue weighted by Gasteiger charge is 2.52. The number of hydrogen-bond donors (Lipinski definition) is 0. The Labute approximate surface area is 161 Å². The van der Waals surface area contributed by atoms with Gasteiger partial charge in [0.05, 0.1) is 4.90 Å². The van der Waals surface area contributed by atoms with E-state index in [1.807, 2.05) is 0 Å². The third kappa shape index (κ3) is 3.52. The maximum absolute atomic E-state index is 14.5. The molecule has 11 heteroatoms. The van der Waals surface area contributed by atoms with E-state index in [0.717, 1.165) is 0 Å². The van der Waals surface area contributed by atoms with E-state index >= 15 is 0 Å². The van der Waals surface area contributed by atoms with Crippen molar-refractivity contribution in [1.29, 1.82) is 0 Å². The molecule has 1 saturated carbocycles. The van der Waals surface area contributed by atoms with Crippen molar-refractivity contribution in [2.75, 3.05) is 0 Å². The van der Waals surface area contributed by atoms with Crippen LogP contribution in [-0.2, 0) is 25.6 Å². The van der Waals surface area contributed by atoms with Crippen molar-refractivity contribution < 1.29 is 39.6 Å². The largest absolute Gasteiger partial charge is 0.433 e. The van der Waals surface area contributed by atoms with Crippen LogP contribution in [-0.4, -0.2) is 19.2 Å². The molecular formula is C18H13F6NO3S. The lowest BCUT2D eigenvalue weighted by atomic mass is 9.82. The summed E-state index contributed by atoms with van der Waals surface area (Å²) in [6.07, 6.45) is -6.17. The predicted octanol–water partition coefficient (Wildman–Crippen LogP) is 4.33. The number of pyridine rings is 1. The van der Waals surface area contributed by atoms with Gasteiger partial charge in [-0.3, -0.25) is 9.78 Å². The van der Waals surface area contributed by atoms with Crippen LogP contribution in [0.4, 0.5) is 26.3 Å². The first-order valence-electron chi connectivity index (χ1n) is 8.34. The minimum absolute atomic E-state index is 0.345. The molecule has 1 aliphatic rings. The zero-order chi connectivity index (χ0) is 21.6. The molecule has 1 aromatic carbocycles. The van der Waals surface area contributed by atoms with Gasteiger partial charge in [-0.2, -0.15) is 13.2 Å².